The van der Waals surface area contributed by atoms with Crippen molar-refractivity contribution in [3.63, 3.8) is 0 Å². The molecule has 2 rings (SSSR count). The van der Waals surface area contributed by atoms with Gasteiger partial charge in [0.25, 0.3) is 0 Å². The second-order valence-electron chi connectivity index (χ2n) is 7.61. The van der Waals surface area contributed by atoms with Crippen molar-refractivity contribution in [2.24, 2.45) is 5.73 Å². The van der Waals surface area contributed by atoms with Crippen molar-refractivity contribution >= 4 is 17.8 Å². The highest BCUT2D eigenvalue weighted by Gasteiger charge is 2.42. The molecule has 1 amide bonds. The van der Waals surface area contributed by atoms with Crippen molar-refractivity contribution < 1.29 is 24.2 Å². The predicted octanol–water partition coefficient (Wildman–Crippen LogP) is 2.15. The summed E-state index contributed by atoms with van der Waals surface area (Å²) in [7, 11) is 0. The van der Waals surface area contributed by atoms with Crippen LogP contribution < -0.4 is 5.73 Å². The molecule has 0 saturated carbocycles. The van der Waals surface area contributed by atoms with Gasteiger partial charge in [0.2, 0.25) is 0 Å². The van der Waals surface area contributed by atoms with Gasteiger partial charge in [0.05, 0.1) is 6.04 Å². The van der Waals surface area contributed by atoms with Crippen LogP contribution in [-0.4, -0.2) is 52.1 Å². The van der Waals surface area contributed by atoms with Crippen molar-refractivity contribution in [3.8, 4) is 0 Å². The van der Waals surface area contributed by atoms with E-state index in [1.165, 1.54) is 4.90 Å². The lowest BCUT2D eigenvalue weighted by molar-refractivity contribution is -0.140. The molecule has 1 fully saturated rings. The Morgan fingerprint density at radius 3 is 2.42 bits per heavy atom. The maximum atomic E-state index is 12.6. The standard InChI is InChI=1S/C19H26N2O5/c1-19(2,3)26-18(25)21-11-13(12-7-5-4-6-8-12)9-15(21)16(22)10-14(20)17(23)24/h4-8,13-15H,9-11,20H2,1-3H3,(H,23,24)/t13-,14-,15+/m0/s1. The minimum atomic E-state index is -1.28. The number of carbonyl (C=O) groups is 3. The number of ether oxygens (including phenoxy) is 1. The minimum Gasteiger partial charge on any atom is -0.480 e. The first-order valence-electron chi connectivity index (χ1n) is 8.64. The van der Waals surface area contributed by atoms with Gasteiger partial charge in [-0.2, -0.15) is 0 Å². The predicted molar refractivity (Wildman–Crippen MR) is 95.8 cm³/mol. The van der Waals surface area contributed by atoms with E-state index in [4.69, 9.17) is 15.6 Å². The van der Waals surface area contributed by atoms with Crippen molar-refractivity contribution in [1.29, 1.82) is 0 Å². The fraction of sp³-hybridized carbons (Fsp3) is 0.526. The molecular weight excluding hydrogens is 336 g/mol. The number of Topliss-reactive ketones (excluding diaryl/α,β-unsaturated/α-hetero) is 1. The quantitative estimate of drug-likeness (QED) is 0.830. The van der Waals surface area contributed by atoms with Gasteiger partial charge in [-0.15, -0.1) is 0 Å². The summed E-state index contributed by atoms with van der Waals surface area (Å²) < 4.78 is 5.43. The fourth-order valence-electron chi connectivity index (χ4n) is 3.07. The maximum Gasteiger partial charge on any atom is 0.410 e. The molecule has 3 N–H and O–H groups in total. The Morgan fingerprint density at radius 1 is 1.27 bits per heavy atom. The van der Waals surface area contributed by atoms with Crippen LogP contribution in [0.15, 0.2) is 30.3 Å². The van der Waals surface area contributed by atoms with Gasteiger partial charge in [0.15, 0.2) is 5.78 Å². The second kappa shape index (κ2) is 7.86. The number of carbonyl (C=O) groups excluding carboxylic acids is 2. The van der Waals surface area contributed by atoms with Gasteiger partial charge in [-0.1, -0.05) is 30.3 Å². The molecule has 0 unspecified atom stereocenters. The Kier molecular flexibility index (Phi) is 6.02. The molecule has 1 saturated heterocycles. The van der Waals surface area contributed by atoms with E-state index in [0.29, 0.717) is 13.0 Å². The Bertz CT molecular complexity index is 668. The molecule has 0 aromatic heterocycles. The number of hydrogen-bond donors (Lipinski definition) is 2. The summed E-state index contributed by atoms with van der Waals surface area (Å²) in [5, 5.41) is 8.95. The monoisotopic (exact) mass is 362 g/mol. The lowest BCUT2D eigenvalue weighted by atomic mass is 9.94. The molecule has 0 bridgehead atoms. The maximum absolute atomic E-state index is 12.6. The third-order valence-corrected chi connectivity index (χ3v) is 4.31. The number of benzene rings is 1. The van der Waals surface area contributed by atoms with Gasteiger partial charge in [-0.25, -0.2) is 4.79 Å². The Labute approximate surface area is 153 Å². The van der Waals surface area contributed by atoms with Gasteiger partial charge in [-0.3, -0.25) is 14.5 Å². The van der Waals surface area contributed by atoms with Crippen molar-refractivity contribution in [1.82, 2.24) is 4.90 Å². The van der Waals surface area contributed by atoms with E-state index in [-0.39, 0.29) is 18.1 Å². The third kappa shape index (κ3) is 5.05. The van der Waals surface area contributed by atoms with Crippen LogP contribution in [0.5, 0.6) is 0 Å². The second-order valence-corrected chi connectivity index (χ2v) is 7.61. The van der Waals surface area contributed by atoms with Gasteiger partial charge in [-0.05, 0) is 32.8 Å². The zero-order valence-corrected chi connectivity index (χ0v) is 15.3. The number of carboxylic acids is 1. The molecule has 26 heavy (non-hydrogen) atoms. The van der Waals surface area contributed by atoms with Gasteiger partial charge >= 0.3 is 12.1 Å². The number of nitrogens with two attached hydrogens (primary N) is 1. The van der Waals surface area contributed by atoms with E-state index >= 15 is 0 Å². The first kappa shape index (κ1) is 19.9. The summed E-state index contributed by atoms with van der Waals surface area (Å²) in [5.41, 5.74) is 5.84. The van der Waals surface area contributed by atoms with Gasteiger partial charge in [0.1, 0.15) is 11.6 Å². The Hall–Kier alpha value is -2.41. The van der Waals surface area contributed by atoms with Crippen molar-refractivity contribution in [2.45, 2.75) is 57.2 Å². The van der Waals surface area contributed by atoms with Crippen LogP contribution >= 0.6 is 0 Å². The average Bonchev–Trinajstić information content (AvgIpc) is 2.99. The molecule has 0 radical (unpaired) electrons. The molecule has 1 aromatic rings. The summed E-state index contributed by atoms with van der Waals surface area (Å²) in [4.78, 5) is 37.6. The molecule has 7 nitrogen and oxygen atoms in total. The topological polar surface area (TPSA) is 110 Å². The summed E-state index contributed by atoms with van der Waals surface area (Å²) in [6.07, 6.45) is -0.465. The van der Waals surface area contributed by atoms with Crippen LogP contribution in [0.2, 0.25) is 0 Å². The van der Waals surface area contributed by atoms with Gasteiger partial charge in [0, 0.05) is 18.9 Å². The third-order valence-electron chi connectivity index (χ3n) is 4.31. The van der Waals surface area contributed by atoms with Gasteiger partial charge < -0.3 is 15.6 Å². The van der Waals surface area contributed by atoms with Crippen molar-refractivity contribution in [3.05, 3.63) is 35.9 Å². The molecule has 0 aliphatic carbocycles. The highest BCUT2D eigenvalue weighted by Crippen LogP contribution is 2.33. The molecular formula is C19H26N2O5. The first-order valence-corrected chi connectivity index (χ1v) is 8.64. The number of hydrogen-bond acceptors (Lipinski definition) is 5. The molecule has 0 spiro atoms. The number of aliphatic carboxylic acids is 1. The Morgan fingerprint density at radius 2 is 1.88 bits per heavy atom. The van der Waals surface area contributed by atoms with E-state index in [2.05, 4.69) is 0 Å². The van der Waals surface area contributed by atoms with Crippen LogP contribution in [0.25, 0.3) is 0 Å². The van der Waals surface area contributed by atoms with Crippen LogP contribution in [0.1, 0.15) is 45.1 Å². The summed E-state index contributed by atoms with van der Waals surface area (Å²) in [6, 6.07) is 7.60. The number of likely N-dealkylation sites (tertiary alicyclic amines) is 1. The molecule has 3 atom stereocenters. The van der Waals surface area contributed by atoms with Crippen LogP contribution in [0.3, 0.4) is 0 Å². The number of nitrogens with zero attached hydrogens (tertiary/aromatic N) is 1. The largest absolute Gasteiger partial charge is 0.480 e. The SMILES string of the molecule is CC(C)(C)OC(=O)N1C[C@@H](c2ccccc2)C[C@@H]1C(=O)C[C@H](N)C(=O)O. The number of rotatable bonds is 5. The normalized spacial score (nSPS) is 21.3. The van der Waals surface area contributed by atoms with E-state index in [1.54, 1.807) is 20.8 Å². The lowest BCUT2D eigenvalue weighted by Crippen LogP contribution is -2.45. The van der Waals surface area contributed by atoms with Crippen LogP contribution in [0.4, 0.5) is 4.79 Å². The molecule has 7 heteroatoms. The van der Waals surface area contributed by atoms with Crippen LogP contribution in [0, 0.1) is 0 Å². The summed E-state index contributed by atoms with van der Waals surface area (Å²) in [5.74, 6) is -1.61. The van der Waals surface area contributed by atoms with E-state index in [9.17, 15) is 14.4 Å². The number of carboxylic acid groups (broad SMARTS) is 1. The summed E-state index contributed by atoms with van der Waals surface area (Å²) >= 11 is 0. The molecule has 142 valence electrons. The van der Waals surface area contributed by atoms with E-state index in [1.807, 2.05) is 30.3 Å². The number of ketones is 1. The minimum absolute atomic E-state index is 0.0151. The number of amides is 1. The van der Waals surface area contributed by atoms with Crippen LogP contribution in [-0.2, 0) is 14.3 Å². The first-order chi connectivity index (χ1) is 12.1. The van der Waals surface area contributed by atoms with E-state index in [0.717, 1.165) is 5.56 Å². The highest BCUT2D eigenvalue weighted by molar-refractivity contribution is 5.91. The molecule has 1 aliphatic rings. The molecule has 1 aromatic carbocycles. The van der Waals surface area contributed by atoms with Crippen molar-refractivity contribution in [2.75, 3.05) is 6.54 Å². The lowest BCUT2D eigenvalue weighted by Gasteiger charge is -2.28. The summed E-state index contributed by atoms with van der Waals surface area (Å²) in [6.45, 7) is 5.62. The smallest absolute Gasteiger partial charge is 0.410 e. The molecule has 1 heterocycles. The zero-order valence-electron chi connectivity index (χ0n) is 15.3. The molecule has 1 aliphatic heterocycles. The van der Waals surface area contributed by atoms with E-state index < -0.39 is 29.7 Å². The fourth-order valence-corrected chi connectivity index (χ4v) is 3.07. The Balaban J connectivity index is 2.21. The highest BCUT2D eigenvalue weighted by atomic mass is 16.6. The average molecular weight is 362 g/mol. The zero-order chi connectivity index (χ0) is 19.5.